The zero-order chi connectivity index (χ0) is 13.9. The fraction of sp³-hybridized carbons (Fsp3) is 0.583. The van der Waals surface area contributed by atoms with Crippen molar-refractivity contribution in [1.82, 2.24) is 9.88 Å². The van der Waals surface area contributed by atoms with E-state index in [1.807, 2.05) is 12.1 Å². The van der Waals surface area contributed by atoms with E-state index in [0.29, 0.717) is 26.2 Å². The minimum atomic E-state index is -4.11. The number of rotatable bonds is 3. The SMILES string of the molecule is CNc1cc(N2CCN(CC(F)(F)F)CC2)ccn1. The monoisotopic (exact) mass is 274 g/mol. The van der Waals surface area contributed by atoms with Gasteiger partial charge in [0.2, 0.25) is 0 Å². The molecule has 1 N–H and O–H groups in total. The molecule has 0 aromatic carbocycles. The first-order valence-corrected chi connectivity index (χ1v) is 6.16. The van der Waals surface area contributed by atoms with Crippen LogP contribution in [0.4, 0.5) is 24.7 Å². The van der Waals surface area contributed by atoms with Gasteiger partial charge >= 0.3 is 6.18 Å². The molecule has 0 atom stereocenters. The number of nitrogens with zero attached hydrogens (tertiary/aromatic N) is 3. The van der Waals surface area contributed by atoms with Crippen LogP contribution in [0.2, 0.25) is 0 Å². The van der Waals surface area contributed by atoms with Crippen LogP contribution in [-0.4, -0.2) is 55.8 Å². The average molecular weight is 274 g/mol. The third-order valence-corrected chi connectivity index (χ3v) is 3.14. The van der Waals surface area contributed by atoms with E-state index in [0.717, 1.165) is 11.5 Å². The van der Waals surface area contributed by atoms with Crippen LogP contribution in [0.25, 0.3) is 0 Å². The summed E-state index contributed by atoms with van der Waals surface area (Å²) in [5, 5.41) is 2.95. The number of aromatic nitrogens is 1. The van der Waals surface area contributed by atoms with Crippen LogP contribution in [0.15, 0.2) is 18.3 Å². The molecule has 1 aromatic rings. The molecule has 0 bridgehead atoms. The van der Waals surface area contributed by atoms with E-state index in [1.165, 1.54) is 4.90 Å². The topological polar surface area (TPSA) is 31.4 Å². The molecule has 0 radical (unpaired) electrons. The van der Waals surface area contributed by atoms with E-state index in [4.69, 9.17) is 0 Å². The molecule has 1 fully saturated rings. The minimum absolute atomic E-state index is 0.427. The number of hydrogen-bond acceptors (Lipinski definition) is 4. The number of hydrogen-bond donors (Lipinski definition) is 1. The summed E-state index contributed by atoms with van der Waals surface area (Å²) in [5.41, 5.74) is 0.992. The van der Waals surface area contributed by atoms with Gasteiger partial charge in [-0.2, -0.15) is 13.2 Å². The molecular weight excluding hydrogens is 257 g/mol. The zero-order valence-electron chi connectivity index (χ0n) is 10.7. The van der Waals surface area contributed by atoms with Crippen LogP contribution in [0, 0.1) is 0 Å². The van der Waals surface area contributed by atoms with Crippen molar-refractivity contribution in [3.8, 4) is 0 Å². The van der Waals surface area contributed by atoms with Crippen molar-refractivity contribution in [2.75, 3.05) is 50.0 Å². The summed E-state index contributed by atoms with van der Waals surface area (Å²) in [6, 6.07) is 3.78. The summed E-state index contributed by atoms with van der Waals surface area (Å²) >= 11 is 0. The molecule has 106 valence electrons. The molecule has 0 unspecified atom stereocenters. The lowest BCUT2D eigenvalue weighted by Crippen LogP contribution is -2.49. The van der Waals surface area contributed by atoms with Crippen LogP contribution in [0.1, 0.15) is 0 Å². The summed E-state index contributed by atoms with van der Waals surface area (Å²) < 4.78 is 36.9. The lowest BCUT2D eigenvalue weighted by atomic mass is 10.2. The Morgan fingerprint density at radius 1 is 1.26 bits per heavy atom. The lowest BCUT2D eigenvalue weighted by Gasteiger charge is -2.36. The molecule has 4 nitrogen and oxygen atoms in total. The Balaban J connectivity index is 1.92. The van der Waals surface area contributed by atoms with Gasteiger partial charge in [0, 0.05) is 51.2 Å². The van der Waals surface area contributed by atoms with Gasteiger partial charge in [-0.1, -0.05) is 0 Å². The van der Waals surface area contributed by atoms with Gasteiger partial charge in [-0.15, -0.1) is 0 Å². The number of alkyl halides is 3. The van der Waals surface area contributed by atoms with Gasteiger partial charge in [-0.3, -0.25) is 4.90 Å². The molecule has 1 aliphatic rings. The Morgan fingerprint density at radius 2 is 1.95 bits per heavy atom. The third-order valence-electron chi connectivity index (χ3n) is 3.14. The zero-order valence-corrected chi connectivity index (χ0v) is 10.7. The van der Waals surface area contributed by atoms with Crippen molar-refractivity contribution < 1.29 is 13.2 Å². The van der Waals surface area contributed by atoms with Crippen molar-refractivity contribution in [1.29, 1.82) is 0 Å². The molecule has 2 heterocycles. The summed E-state index contributed by atoms with van der Waals surface area (Å²) in [5.74, 6) is 0.759. The van der Waals surface area contributed by atoms with Crippen molar-refractivity contribution in [2.24, 2.45) is 0 Å². The van der Waals surface area contributed by atoms with E-state index in [9.17, 15) is 13.2 Å². The third kappa shape index (κ3) is 3.99. The fourth-order valence-corrected chi connectivity index (χ4v) is 2.17. The van der Waals surface area contributed by atoms with Crippen molar-refractivity contribution in [2.45, 2.75) is 6.18 Å². The Kier molecular flexibility index (Phi) is 4.14. The van der Waals surface area contributed by atoms with E-state index < -0.39 is 12.7 Å². The molecule has 2 rings (SSSR count). The first-order chi connectivity index (χ1) is 8.98. The van der Waals surface area contributed by atoms with Crippen molar-refractivity contribution in [3.63, 3.8) is 0 Å². The van der Waals surface area contributed by atoms with E-state index in [2.05, 4.69) is 15.2 Å². The molecule has 0 saturated carbocycles. The van der Waals surface area contributed by atoms with Gasteiger partial charge in [0.15, 0.2) is 0 Å². The molecule has 1 aliphatic heterocycles. The highest BCUT2D eigenvalue weighted by atomic mass is 19.4. The number of pyridine rings is 1. The van der Waals surface area contributed by atoms with Crippen LogP contribution < -0.4 is 10.2 Å². The summed E-state index contributed by atoms with van der Waals surface area (Å²) in [7, 11) is 1.79. The maximum absolute atomic E-state index is 12.3. The van der Waals surface area contributed by atoms with Crippen LogP contribution >= 0.6 is 0 Å². The Labute approximate surface area is 110 Å². The second-order valence-electron chi connectivity index (χ2n) is 4.53. The second kappa shape index (κ2) is 5.64. The van der Waals surface area contributed by atoms with Crippen molar-refractivity contribution in [3.05, 3.63) is 18.3 Å². The van der Waals surface area contributed by atoms with E-state index in [-0.39, 0.29) is 0 Å². The highest BCUT2D eigenvalue weighted by Gasteiger charge is 2.32. The maximum atomic E-state index is 12.3. The minimum Gasteiger partial charge on any atom is -0.373 e. The first-order valence-electron chi connectivity index (χ1n) is 6.16. The first kappa shape index (κ1) is 13.9. The molecule has 0 aliphatic carbocycles. The summed E-state index contributed by atoms with van der Waals surface area (Å²) in [4.78, 5) is 7.64. The number of anilines is 2. The molecule has 0 amide bonds. The average Bonchev–Trinajstić information content (AvgIpc) is 2.38. The van der Waals surface area contributed by atoms with Gasteiger partial charge in [0.1, 0.15) is 5.82 Å². The molecule has 1 aromatic heterocycles. The summed E-state index contributed by atoms with van der Waals surface area (Å²) in [6.45, 7) is 1.24. The number of halogens is 3. The number of nitrogens with one attached hydrogen (secondary N) is 1. The van der Waals surface area contributed by atoms with Gasteiger partial charge in [0.05, 0.1) is 6.54 Å². The number of piperazine rings is 1. The highest BCUT2D eigenvalue weighted by Crippen LogP contribution is 2.21. The normalized spacial score (nSPS) is 17.6. The molecular formula is C12H17F3N4. The van der Waals surface area contributed by atoms with Crippen LogP contribution in [0.3, 0.4) is 0 Å². The smallest absolute Gasteiger partial charge is 0.373 e. The van der Waals surface area contributed by atoms with Crippen LogP contribution in [-0.2, 0) is 0 Å². The van der Waals surface area contributed by atoms with E-state index >= 15 is 0 Å². The fourth-order valence-electron chi connectivity index (χ4n) is 2.17. The van der Waals surface area contributed by atoms with Crippen LogP contribution in [0.5, 0.6) is 0 Å². The lowest BCUT2D eigenvalue weighted by molar-refractivity contribution is -0.146. The largest absolute Gasteiger partial charge is 0.401 e. The Morgan fingerprint density at radius 3 is 2.53 bits per heavy atom. The standard InChI is InChI=1S/C12H17F3N4/c1-16-11-8-10(2-3-17-11)19-6-4-18(5-7-19)9-12(13,14)15/h2-3,8H,4-7,9H2,1H3,(H,16,17). The predicted octanol–water partition coefficient (Wildman–Crippen LogP) is 1.81. The molecule has 7 heteroatoms. The van der Waals surface area contributed by atoms with Gasteiger partial charge in [-0.05, 0) is 6.07 Å². The summed E-state index contributed by atoms with van der Waals surface area (Å²) in [6.07, 6.45) is -2.42. The van der Waals surface area contributed by atoms with Gasteiger partial charge in [-0.25, -0.2) is 4.98 Å². The van der Waals surface area contributed by atoms with E-state index in [1.54, 1.807) is 13.2 Å². The van der Waals surface area contributed by atoms with Gasteiger partial charge in [0.25, 0.3) is 0 Å². The molecule has 1 saturated heterocycles. The van der Waals surface area contributed by atoms with Crippen molar-refractivity contribution >= 4 is 11.5 Å². The second-order valence-corrected chi connectivity index (χ2v) is 4.53. The highest BCUT2D eigenvalue weighted by molar-refractivity contribution is 5.53. The van der Waals surface area contributed by atoms with Gasteiger partial charge < -0.3 is 10.2 Å². The predicted molar refractivity (Wildman–Crippen MR) is 68.5 cm³/mol. The Bertz CT molecular complexity index is 414. The Hall–Kier alpha value is -1.50. The maximum Gasteiger partial charge on any atom is 0.401 e. The molecule has 0 spiro atoms. The quantitative estimate of drug-likeness (QED) is 0.911. The molecule has 19 heavy (non-hydrogen) atoms.